The average molecular weight is 580 g/mol. The van der Waals surface area contributed by atoms with Crippen molar-refractivity contribution in [2.75, 3.05) is 10.6 Å². The third-order valence-corrected chi connectivity index (χ3v) is 6.73. The lowest BCUT2D eigenvalue weighted by molar-refractivity contribution is 0.0989. The van der Waals surface area contributed by atoms with Gasteiger partial charge in [0.2, 0.25) is 0 Å². The van der Waals surface area contributed by atoms with E-state index in [-0.39, 0.29) is 15.5 Å². The molecule has 2 aromatic carbocycles. The highest BCUT2D eigenvalue weighted by Crippen LogP contribution is 2.27. The molecule has 0 aliphatic heterocycles. The first kappa shape index (κ1) is 24.4. The summed E-state index contributed by atoms with van der Waals surface area (Å²) in [5.41, 5.74) is 0.919. The summed E-state index contributed by atoms with van der Waals surface area (Å²) < 4.78 is 2.01. The zero-order chi connectivity index (χ0) is 24.4. The van der Waals surface area contributed by atoms with Crippen molar-refractivity contribution in [1.29, 1.82) is 0 Å². The van der Waals surface area contributed by atoms with Crippen molar-refractivity contribution in [2.45, 2.75) is 19.8 Å². The van der Waals surface area contributed by atoms with Crippen molar-refractivity contribution >= 4 is 78.6 Å². The Kier molecular flexibility index (Phi) is 7.37. The Hall–Kier alpha value is -2.72. The van der Waals surface area contributed by atoms with Crippen LogP contribution in [0.1, 0.15) is 39.2 Å². The van der Waals surface area contributed by atoms with Gasteiger partial charge in [-0.3, -0.25) is 14.4 Å². The summed E-state index contributed by atoms with van der Waals surface area (Å²) in [5, 5.41) is 6.13. The fraction of sp³-hybridized carbons (Fsp3) is 0.130. The molecule has 174 valence electrons. The Labute approximate surface area is 216 Å². The molecule has 0 bridgehead atoms. The third kappa shape index (κ3) is 5.33. The van der Waals surface area contributed by atoms with Crippen LogP contribution in [0.15, 0.2) is 57.8 Å². The van der Waals surface area contributed by atoms with Gasteiger partial charge >= 0.3 is 0 Å². The van der Waals surface area contributed by atoms with Crippen molar-refractivity contribution < 1.29 is 9.59 Å². The molecule has 11 heteroatoms. The molecular weight excluding hydrogens is 563 g/mol. The first-order valence-electron chi connectivity index (χ1n) is 10.1. The Balaban J connectivity index is 1.81. The highest BCUT2D eigenvalue weighted by Gasteiger charge is 2.26. The van der Waals surface area contributed by atoms with Crippen molar-refractivity contribution in [1.82, 2.24) is 9.38 Å². The second kappa shape index (κ2) is 10.3. The maximum atomic E-state index is 13.3. The lowest BCUT2D eigenvalue weighted by Crippen LogP contribution is -2.25. The van der Waals surface area contributed by atoms with Crippen LogP contribution >= 0.6 is 50.5 Å². The summed E-state index contributed by atoms with van der Waals surface area (Å²) in [6, 6.07) is 12.9. The van der Waals surface area contributed by atoms with Gasteiger partial charge in [-0.05, 0) is 48.9 Å². The van der Waals surface area contributed by atoms with Gasteiger partial charge in [0.05, 0.1) is 0 Å². The van der Waals surface area contributed by atoms with Crippen LogP contribution in [-0.4, -0.2) is 21.2 Å². The summed E-state index contributed by atoms with van der Waals surface area (Å²) in [4.78, 5) is 44.3. The first-order chi connectivity index (χ1) is 16.2. The molecular formula is C23H17BrCl2N4O3S. The molecule has 0 atom stereocenters. The Morgan fingerprint density at radius 3 is 2.29 bits per heavy atom. The summed E-state index contributed by atoms with van der Waals surface area (Å²) in [7, 11) is 0. The SMILES string of the molecule is CCCc1cc(=O)n2c(C(=O)Nc3ccc(Br)cc3)c(C(=O)Nc3cc(Cl)cc(Cl)c3)sc2n1. The van der Waals surface area contributed by atoms with E-state index in [0.717, 1.165) is 26.6 Å². The number of amides is 2. The van der Waals surface area contributed by atoms with E-state index in [1.54, 1.807) is 24.3 Å². The van der Waals surface area contributed by atoms with Crippen LogP contribution in [0.3, 0.4) is 0 Å². The monoisotopic (exact) mass is 578 g/mol. The maximum Gasteiger partial charge on any atom is 0.274 e. The number of benzene rings is 2. The van der Waals surface area contributed by atoms with Gasteiger partial charge in [0, 0.05) is 37.7 Å². The predicted octanol–water partition coefficient (Wildman–Crippen LogP) is 6.28. The van der Waals surface area contributed by atoms with Crippen LogP contribution < -0.4 is 16.2 Å². The van der Waals surface area contributed by atoms with Crippen LogP contribution in [0.4, 0.5) is 11.4 Å². The zero-order valence-corrected chi connectivity index (χ0v) is 21.6. The molecule has 2 heterocycles. The van der Waals surface area contributed by atoms with Crippen LogP contribution in [-0.2, 0) is 6.42 Å². The zero-order valence-electron chi connectivity index (χ0n) is 17.7. The molecule has 2 N–H and O–H groups in total. The topological polar surface area (TPSA) is 92.6 Å². The van der Waals surface area contributed by atoms with Gasteiger partial charge in [0.25, 0.3) is 17.4 Å². The predicted molar refractivity (Wildman–Crippen MR) is 140 cm³/mol. The second-order valence-corrected chi connectivity index (χ2v) is 10.1. The van der Waals surface area contributed by atoms with Gasteiger partial charge in [0.1, 0.15) is 10.6 Å². The largest absolute Gasteiger partial charge is 0.321 e. The Morgan fingerprint density at radius 2 is 1.65 bits per heavy atom. The van der Waals surface area contributed by atoms with Gasteiger partial charge in [-0.25, -0.2) is 9.38 Å². The number of nitrogens with zero attached hydrogens (tertiary/aromatic N) is 2. The normalized spacial score (nSPS) is 10.9. The molecule has 4 aromatic rings. The van der Waals surface area contributed by atoms with Gasteiger partial charge in [-0.15, -0.1) is 0 Å². The quantitative estimate of drug-likeness (QED) is 0.281. The maximum absolute atomic E-state index is 13.3. The fourth-order valence-corrected chi connectivity index (χ4v) is 5.13. The van der Waals surface area contributed by atoms with Crippen molar-refractivity contribution in [3.05, 3.63) is 89.7 Å². The van der Waals surface area contributed by atoms with E-state index in [1.807, 2.05) is 6.92 Å². The van der Waals surface area contributed by atoms with Crippen LogP contribution in [0.5, 0.6) is 0 Å². The number of anilines is 2. The molecule has 0 spiro atoms. The van der Waals surface area contributed by atoms with Crippen LogP contribution in [0.25, 0.3) is 4.96 Å². The van der Waals surface area contributed by atoms with E-state index >= 15 is 0 Å². The summed E-state index contributed by atoms with van der Waals surface area (Å²) >= 11 is 16.4. The van der Waals surface area contributed by atoms with E-state index in [4.69, 9.17) is 23.2 Å². The lowest BCUT2D eigenvalue weighted by atomic mass is 10.2. The second-order valence-electron chi connectivity index (χ2n) is 7.31. The smallest absolute Gasteiger partial charge is 0.274 e. The lowest BCUT2D eigenvalue weighted by Gasteiger charge is -2.09. The first-order valence-corrected chi connectivity index (χ1v) is 12.5. The number of hydrogen-bond acceptors (Lipinski definition) is 5. The molecule has 0 unspecified atom stereocenters. The molecule has 0 fully saturated rings. The highest BCUT2D eigenvalue weighted by atomic mass is 79.9. The molecule has 0 aliphatic rings. The number of halogens is 3. The van der Waals surface area contributed by atoms with E-state index < -0.39 is 17.4 Å². The molecule has 34 heavy (non-hydrogen) atoms. The van der Waals surface area contributed by atoms with E-state index in [0.29, 0.717) is 33.5 Å². The number of aromatic nitrogens is 2. The minimum Gasteiger partial charge on any atom is -0.321 e. The molecule has 7 nitrogen and oxygen atoms in total. The number of carbonyl (C=O) groups is 2. The number of hydrogen-bond donors (Lipinski definition) is 2. The van der Waals surface area contributed by atoms with Gasteiger partial charge in [-0.2, -0.15) is 0 Å². The molecule has 0 saturated heterocycles. The van der Waals surface area contributed by atoms with Crippen molar-refractivity contribution in [3.63, 3.8) is 0 Å². The number of carbonyl (C=O) groups excluding carboxylic acids is 2. The molecule has 2 amide bonds. The number of fused-ring (bicyclic) bond motifs is 1. The number of thiazole rings is 1. The standard InChI is InChI=1S/C23H17BrCl2N4O3S/c1-2-3-16-11-18(31)30-19(21(32)27-15-6-4-12(24)5-7-15)20(34-23(30)29-16)22(33)28-17-9-13(25)8-14(26)10-17/h4-11H,2-3H2,1H3,(H,27,32)(H,28,33). The molecule has 0 saturated carbocycles. The molecule has 2 aromatic heterocycles. The summed E-state index contributed by atoms with van der Waals surface area (Å²) in [6.45, 7) is 1.98. The Morgan fingerprint density at radius 1 is 1.00 bits per heavy atom. The van der Waals surface area contributed by atoms with Crippen LogP contribution in [0.2, 0.25) is 10.0 Å². The van der Waals surface area contributed by atoms with Crippen molar-refractivity contribution in [2.24, 2.45) is 0 Å². The molecule has 0 radical (unpaired) electrons. The number of aryl methyl sites for hydroxylation is 1. The summed E-state index contributed by atoms with van der Waals surface area (Å²) in [6.07, 6.45) is 1.40. The number of rotatable bonds is 6. The third-order valence-electron chi connectivity index (χ3n) is 4.72. The van der Waals surface area contributed by atoms with Crippen molar-refractivity contribution in [3.8, 4) is 0 Å². The Bertz CT molecular complexity index is 1450. The molecule has 4 rings (SSSR count). The van der Waals surface area contributed by atoms with Gasteiger partial charge < -0.3 is 10.6 Å². The fourth-order valence-electron chi connectivity index (χ4n) is 3.30. The minimum absolute atomic E-state index is 0.0314. The van der Waals surface area contributed by atoms with Gasteiger partial charge in [-0.1, -0.05) is 63.8 Å². The highest BCUT2D eigenvalue weighted by molar-refractivity contribution is 9.10. The van der Waals surface area contributed by atoms with Crippen LogP contribution in [0, 0.1) is 0 Å². The minimum atomic E-state index is -0.616. The van der Waals surface area contributed by atoms with E-state index in [1.165, 1.54) is 24.3 Å². The number of nitrogens with one attached hydrogen (secondary N) is 2. The average Bonchev–Trinajstić information content (AvgIpc) is 3.15. The van der Waals surface area contributed by atoms with E-state index in [2.05, 4.69) is 31.5 Å². The van der Waals surface area contributed by atoms with E-state index in [9.17, 15) is 14.4 Å². The van der Waals surface area contributed by atoms with Gasteiger partial charge in [0.15, 0.2) is 4.96 Å². The molecule has 0 aliphatic carbocycles. The summed E-state index contributed by atoms with van der Waals surface area (Å²) in [5.74, 6) is -1.21.